The van der Waals surface area contributed by atoms with E-state index in [-0.39, 0.29) is 11.8 Å². The van der Waals surface area contributed by atoms with Gasteiger partial charge in [-0.1, -0.05) is 35.9 Å². The minimum atomic E-state index is -0.112. The number of aryl methyl sites for hydroxylation is 1. The van der Waals surface area contributed by atoms with Gasteiger partial charge in [0.25, 0.3) is 5.91 Å². The van der Waals surface area contributed by atoms with Gasteiger partial charge in [-0.3, -0.25) is 9.59 Å². The molecule has 0 saturated carbocycles. The zero-order valence-corrected chi connectivity index (χ0v) is 15.8. The van der Waals surface area contributed by atoms with Gasteiger partial charge in [0.15, 0.2) is 0 Å². The predicted molar refractivity (Wildman–Crippen MR) is 108 cm³/mol. The maximum absolute atomic E-state index is 12.2. The molecule has 2 amide bonds. The van der Waals surface area contributed by atoms with Crippen LogP contribution in [0.1, 0.15) is 28.4 Å². The van der Waals surface area contributed by atoms with Crippen molar-refractivity contribution in [3.05, 3.63) is 71.4 Å². The van der Waals surface area contributed by atoms with Crippen LogP contribution in [0.2, 0.25) is 0 Å². The van der Waals surface area contributed by atoms with Gasteiger partial charge >= 0.3 is 0 Å². The number of nitrogens with zero attached hydrogens (tertiary/aromatic N) is 1. The van der Waals surface area contributed by atoms with E-state index < -0.39 is 0 Å². The number of amides is 2. The standard InChI is InChI=1S/C22H25N3O2/c1-16-6-5-7-18(14-16)22(27)23-11-13-25(17(2)26)12-10-19-15-24-21-9-4-3-8-20(19)21/h3-9,14-15,24H,10-13H2,1-2H3,(H,23,27). The number of nitrogens with one attached hydrogen (secondary N) is 2. The summed E-state index contributed by atoms with van der Waals surface area (Å²) in [7, 11) is 0. The minimum Gasteiger partial charge on any atom is -0.361 e. The summed E-state index contributed by atoms with van der Waals surface area (Å²) in [6, 6.07) is 15.6. The Morgan fingerprint density at radius 2 is 1.89 bits per heavy atom. The highest BCUT2D eigenvalue weighted by Crippen LogP contribution is 2.18. The number of hydrogen-bond donors (Lipinski definition) is 2. The van der Waals surface area contributed by atoms with Crippen molar-refractivity contribution in [2.45, 2.75) is 20.3 Å². The predicted octanol–water partition coefficient (Wildman–Crippen LogP) is 3.30. The highest BCUT2D eigenvalue weighted by molar-refractivity contribution is 5.94. The molecule has 2 aromatic carbocycles. The van der Waals surface area contributed by atoms with E-state index in [1.807, 2.05) is 49.5 Å². The molecule has 3 aromatic rings. The molecule has 1 heterocycles. The first-order valence-electron chi connectivity index (χ1n) is 9.20. The summed E-state index contributed by atoms with van der Waals surface area (Å²) in [6.07, 6.45) is 2.78. The number of para-hydroxylation sites is 1. The number of H-pyrrole nitrogens is 1. The van der Waals surface area contributed by atoms with Crippen molar-refractivity contribution in [2.75, 3.05) is 19.6 Å². The number of hydrogen-bond acceptors (Lipinski definition) is 2. The van der Waals surface area contributed by atoms with Crippen LogP contribution in [0.4, 0.5) is 0 Å². The van der Waals surface area contributed by atoms with E-state index in [1.165, 1.54) is 10.9 Å². The number of benzene rings is 2. The molecule has 0 aliphatic heterocycles. The second-order valence-electron chi connectivity index (χ2n) is 6.74. The van der Waals surface area contributed by atoms with Crippen LogP contribution >= 0.6 is 0 Å². The Balaban J connectivity index is 1.53. The Morgan fingerprint density at radius 1 is 1.07 bits per heavy atom. The lowest BCUT2D eigenvalue weighted by Crippen LogP contribution is -2.38. The third kappa shape index (κ3) is 4.76. The molecule has 0 aliphatic rings. The van der Waals surface area contributed by atoms with E-state index in [4.69, 9.17) is 0 Å². The molecule has 0 aliphatic carbocycles. The highest BCUT2D eigenvalue weighted by atomic mass is 16.2. The lowest BCUT2D eigenvalue weighted by Gasteiger charge is -2.21. The normalized spacial score (nSPS) is 10.7. The van der Waals surface area contributed by atoms with Gasteiger partial charge in [0.2, 0.25) is 5.91 Å². The zero-order chi connectivity index (χ0) is 19.2. The Bertz CT molecular complexity index is 945. The average Bonchev–Trinajstić information content (AvgIpc) is 3.07. The van der Waals surface area contributed by atoms with Crippen LogP contribution in [-0.4, -0.2) is 41.3 Å². The number of fused-ring (bicyclic) bond motifs is 1. The van der Waals surface area contributed by atoms with Crippen LogP contribution in [0, 0.1) is 6.92 Å². The topological polar surface area (TPSA) is 65.2 Å². The van der Waals surface area contributed by atoms with Crippen molar-refractivity contribution in [3.63, 3.8) is 0 Å². The van der Waals surface area contributed by atoms with Crippen molar-refractivity contribution in [1.82, 2.24) is 15.2 Å². The van der Waals surface area contributed by atoms with Gasteiger partial charge in [-0.15, -0.1) is 0 Å². The molecular weight excluding hydrogens is 338 g/mol. The van der Waals surface area contributed by atoms with Gasteiger partial charge in [-0.05, 0) is 37.1 Å². The molecule has 0 saturated heterocycles. The summed E-state index contributed by atoms with van der Waals surface area (Å²) in [4.78, 5) is 29.2. The third-order valence-electron chi connectivity index (χ3n) is 4.72. The molecule has 1 aromatic heterocycles. The van der Waals surface area contributed by atoms with Crippen molar-refractivity contribution in [1.29, 1.82) is 0 Å². The summed E-state index contributed by atoms with van der Waals surface area (Å²) in [5, 5.41) is 4.08. The summed E-state index contributed by atoms with van der Waals surface area (Å²) < 4.78 is 0. The zero-order valence-electron chi connectivity index (χ0n) is 15.8. The molecule has 5 heteroatoms. The molecule has 3 rings (SSSR count). The fourth-order valence-corrected chi connectivity index (χ4v) is 3.21. The summed E-state index contributed by atoms with van der Waals surface area (Å²) >= 11 is 0. The monoisotopic (exact) mass is 363 g/mol. The molecule has 2 N–H and O–H groups in total. The lowest BCUT2D eigenvalue weighted by molar-refractivity contribution is -0.128. The second kappa shape index (κ2) is 8.54. The van der Waals surface area contributed by atoms with Gasteiger partial charge in [0.05, 0.1) is 0 Å². The van der Waals surface area contributed by atoms with Crippen LogP contribution in [-0.2, 0) is 11.2 Å². The van der Waals surface area contributed by atoms with Crippen LogP contribution in [0.25, 0.3) is 10.9 Å². The van der Waals surface area contributed by atoms with E-state index in [9.17, 15) is 9.59 Å². The fourth-order valence-electron chi connectivity index (χ4n) is 3.21. The van der Waals surface area contributed by atoms with Crippen LogP contribution in [0.15, 0.2) is 54.7 Å². The Hall–Kier alpha value is -3.08. The molecule has 140 valence electrons. The molecule has 5 nitrogen and oxygen atoms in total. The van der Waals surface area contributed by atoms with Gasteiger partial charge in [0.1, 0.15) is 0 Å². The molecule has 0 spiro atoms. The van der Waals surface area contributed by atoms with Crippen molar-refractivity contribution in [2.24, 2.45) is 0 Å². The van der Waals surface area contributed by atoms with E-state index in [0.29, 0.717) is 25.2 Å². The Morgan fingerprint density at radius 3 is 2.67 bits per heavy atom. The van der Waals surface area contributed by atoms with Gasteiger partial charge in [0, 0.05) is 49.2 Å². The first kappa shape index (κ1) is 18.7. The Labute approximate surface area is 159 Å². The maximum atomic E-state index is 12.2. The van der Waals surface area contributed by atoms with Gasteiger partial charge in [-0.2, -0.15) is 0 Å². The number of aromatic nitrogens is 1. The van der Waals surface area contributed by atoms with Crippen molar-refractivity contribution < 1.29 is 9.59 Å². The van der Waals surface area contributed by atoms with E-state index in [0.717, 1.165) is 17.5 Å². The Kier molecular flexibility index (Phi) is 5.91. The first-order chi connectivity index (χ1) is 13.0. The number of rotatable bonds is 7. The average molecular weight is 363 g/mol. The number of carbonyl (C=O) groups is 2. The number of carbonyl (C=O) groups excluding carboxylic acids is 2. The fraction of sp³-hybridized carbons (Fsp3) is 0.273. The van der Waals surface area contributed by atoms with Crippen LogP contribution < -0.4 is 5.32 Å². The molecular formula is C22H25N3O2. The van der Waals surface area contributed by atoms with E-state index in [2.05, 4.69) is 16.4 Å². The van der Waals surface area contributed by atoms with Gasteiger partial charge < -0.3 is 15.2 Å². The molecule has 0 bridgehead atoms. The molecule has 0 unspecified atom stereocenters. The van der Waals surface area contributed by atoms with Gasteiger partial charge in [-0.25, -0.2) is 0 Å². The SMILES string of the molecule is CC(=O)N(CCNC(=O)c1cccc(C)c1)CCc1c[nH]c2ccccc12. The quantitative estimate of drug-likeness (QED) is 0.676. The maximum Gasteiger partial charge on any atom is 0.251 e. The van der Waals surface area contributed by atoms with Crippen LogP contribution in [0.3, 0.4) is 0 Å². The third-order valence-corrected chi connectivity index (χ3v) is 4.72. The molecule has 0 fully saturated rings. The lowest BCUT2D eigenvalue weighted by atomic mass is 10.1. The molecule has 0 radical (unpaired) electrons. The molecule has 27 heavy (non-hydrogen) atoms. The van der Waals surface area contributed by atoms with Crippen molar-refractivity contribution in [3.8, 4) is 0 Å². The highest BCUT2D eigenvalue weighted by Gasteiger charge is 2.12. The number of aromatic amines is 1. The van der Waals surface area contributed by atoms with E-state index in [1.54, 1.807) is 17.9 Å². The minimum absolute atomic E-state index is 0.0136. The first-order valence-corrected chi connectivity index (χ1v) is 9.20. The second-order valence-corrected chi connectivity index (χ2v) is 6.74. The van der Waals surface area contributed by atoms with E-state index >= 15 is 0 Å². The smallest absolute Gasteiger partial charge is 0.251 e. The van der Waals surface area contributed by atoms with Crippen molar-refractivity contribution >= 4 is 22.7 Å². The van der Waals surface area contributed by atoms with Crippen LogP contribution in [0.5, 0.6) is 0 Å². The summed E-state index contributed by atoms with van der Waals surface area (Å²) in [5.41, 5.74) is 3.99. The molecule has 0 atom stereocenters. The summed E-state index contributed by atoms with van der Waals surface area (Å²) in [6.45, 7) is 5.07. The largest absolute Gasteiger partial charge is 0.361 e. The summed E-state index contributed by atoms with van der Waals surface area (Å²) in [5.74, 6) is -0.0986.